The molecule has 0 aliphatic carbocycles. The van der Waals surface area contributed by atoms with Crippen molar-refractivity contribution in [2.45, 2.75) is 13.5 Å². The average Bonchev–Trinajstić information content (AvgIpc) is 2.69. The minimum atomic E-state index is -0.0927. The molecule has 140 valence electrons. The van der Waals surface area contributed by atoms with E-state index < -0.39 is 0 Å². The van der Waals surface area contributed by atoms with Gasteiger partial charge in [-0.05, 0) is 36.8 Å². The number of hydrogen-bond donors (Lipinski definition) is 2. The van der Waals surface area contributed by atoms with Gasteiger partial charge in [-0.15, -0.1) is 0 Å². The fourth-order valence-electron chi connectivity index (χ4n) is 2.28. The van der Waals surface area contributed by atoms with Crippen LogP contribution in [0, 0.1) is 0 Å². The monoisotopic (exact) mass is 358 g/mol. The number of para-hydroxylation sites is 2. The second-order valence-corrected chi connectivity index (χ2v) is 5.52. The Hall–Kier alpha value is -2.73. The Morgan fingerprint density at radius 2 is 1.81 bits per heavy atom. The van der Waals surface area contributed by atoms with Crippen molar-refractivity contribution in [2.24, 2.45) is 0 Å². The summed E-state index contributed by atoms with van der Waals surface area (Å²) >= 11 is 0. The normalized spacial score (nSPS) is 10.2. The number of hydrogen-bond acceptors (Lipinski definition) is 5. The van der Waals surface area contributed by atoms with Crippen LogP contribution >= 0.6 is 0 Å². The molecular weight excluding hydrogens is 332 g/mol. The first-order valence-electron chi connectivity index (χ1n) is 8.66. The van der Waals surface area contributed by atoms with E-state index in [4.69, 9.17) is 14.2 Å². The van der Waals surface area contributed by atoms with Gasteiger partial charge in [-0.1, -0.05) is 24.3 Å². The third-order valence-electron chi connectivity index (χ3n) is 3.66. The first-order valence-corrected chi connectivity index (χ1v) is 8.66. The maximum atomic E-state index is 12.1. The summed E-state index contributed by atoms with van der Waals surface area (Å²) in [5.41, 5.74) is 1.79. The van der Waals surface area contributed by atoms with Crippen LogP contribution in [0.4, 0.5) is 5.69 Å². The summed E-state index contributed by atoms with van der Waals surface area (Å²) in [7, 11) is 1.63. The topological polar surface area (TPSA) is 68.8 Å². The van der Waals surface area contributed by atoms with Gasteiger partial charge in [0.2, 0.25) is 5.91 Å². The predicted octanol–water partition coefficient (Wildman–Crippen LogP) is 2.84. The van der Waals surface area contributed by atoms with E-state index in [2.05, 4.69) is 10.6 Å². The lowest BCUT2D eigenvalue weighted by atomic mass is 10.2. The van der Waals surface area contributed by atoms with Gasteiger partial charge in [0, 0.05) is 13.2 Å². The van der Waals surface area contributed by atoms with Gasteiger partial charge in [0.05, 0.1) is 25.9 Å². The number of amides is 1. The second kappa shape index (κ2) is 11.0. The van der Waals surface area contributed by atoms with Gasteiger partial charge >= 0.3 is 0 Å². The smallest absolute Gasteiger partial charge is 0.239 e. The molecular formula is C20H26N2O4. The van der Waals surface area contributed by atoms with Gasteiger partial charge < -0.3 is 24.8 Å². The number of ether oxygens (including phenoxy) is 3. The molecule has 6 nitrogen and oxygen atoms in total. The van der Waals surface area contributed by atoms with Gasteiger partial charge in [0.1, 0.15) is 18.1 Å². The Morgan fingerprint density at radius 3 is 2.54 bits per heavy atom. The number of anilines is 1. The lowest BCUT2D eigenvalue weighted by molar-refractivity contribution is -0.119. The summed E-state index contributed by atoms with van der Waals surface area (Å²) in [5, 5.41) is 5.99. The lowest BCUT2D eigenvalue weighted by Crippen LogP contribution is -2.29. The molecule has 2 rings (SSSR count). The van der Waals surface area contributed by atoms with Crippen LogP contribution in [-0.4, -0.2) is 39.4 Å². The highest BCUT2D eigenvalue weighted by Crippen LogP contribution is 2.23. The molecule has 0 atom stereocenters. The molecule has 1 amide bonds. The van der Waals surface area contributed by atoms with Crippen molar-refractivity contribution >= 4 is 11.6 Å². The number of carbonyl (C=O) groups is 1. The van der Waals surface area contributed by atoms with Crippen LogP contribution in [0.25, 0.3) is 0 Å². The van der Waals surface area contributed by atoms with Gasteiger partial charge in [-0.3, -0.25) is 4.79 Å². The molecule has 0 saturated carbocycles. The highest BCUT2D eigenvalue weighted by Gasteiger charge is 2.06. The summed E-state index contributed by atoms with van der Waals surface area (Å²) < 4.78 is 16.1. The zero-order chi connectivity index (χ0) is 18.6. The minimum absolute atomic E-state index is 0.0927. The van der Waals surface area contributed by atoms with E-state index in [-0.39, 0.29) is 12.5 Å². The summed E-state index contributed by atoms with van der Waals surface area (Å²) in [6, 6.07) is 15.1. The van der Waals surface area contributed by atoms with E-state index in [9.17, 15) is 4.79 Å². The predicted molar refractivity (Wildman–Crippen MR) is 102 cm³/mol. The summed E-state index contributed by atoms with van der Waals surface area (Å²) in [6.45, 7) is 4.25. The first-order chi connectivity index (χ1) is 12.7. The fraction of sp³-hybridized carbons (Fsp3) is 0.350. The number of carbonyl (C=O) groups excluding carboxylic acids is 1. The lowest BCUT2D eigenvalue weighted by Gasteiger charge is -2.13. The standard InChI is InChI=1S/C20H26N2O4/c1-3-25-12-13-26-19-7-5-4-6-18(19)21-15-20(23)22-14-16-8-10-17(24-2)11-9-16/h4-11,21H,3,12-15H2,1-2H3,(H,22,23). The third kappa shape index (κ3) is 6.64. The van der Waals surface area contributed by atoms with E-state index in [1.54, 1.807) is 7.11 Å². The van der Waals surface area contributed by atoms with Crippen molar-refractivity contribution in [2.75, 3.05) is 38.8 Å². The zero-order valence-electron chi connectivity index (χ0n) is 15.3. The van der Waals surface area contributed by atoms with Crippen LogP contribution in [0.15, 0.2) is 48.5 Å². The fourth-order valence-corrected chi connectivity index (χ4v) is 2.28. The summed E-state index contributed by atoms with van der Waals surface area (Å²) in [5.74, 6) is 1.41. The van der Waals surface area contributed by atoms with E-state index in [1.165, 1.54) is 0 Å². The second-order valence-electron chi connectivity index (χ2n) is 5.52. The van der Waals surface area contributed by atoms with E-state index in [0.717, 1.165) is 17.0 Å². The Morgan fingerprint density at radius 1 is 1.04 bits per heavy atom. The Balaban J connectivity index is 1.77. The molecule has 0 aliphatic heterocycles. The van der Waals surface area contributed by atoms with Crippen molar-refractivity contribution in [1.29, 1.82) is 0 Å². The van der Waals surface area contributed by atoms with Gasteiger partial charge in [-0.25, -0.2) is 0 Å². The summed E-state index contributed by atoms with van der Waals surface area (Å²) in [6.07, 6.45) is 0. The first kappa shape index (κ1) is 19.6. The molecule has 6 heteroatoms. The molecule has 26 heavy (non-hydrogen) atoms. The van der Waals surface area contributed by atoms with Crippen LogP contribution < -0.4 is 20.1 Å². The van der Waals surface area contributed by atoms with Crippen molar-refractivity contribution < 1.29 is 19.0 Å². The molecule has 0 radical (unpaired) electrons. The van der Waals surface area contributed by atoms with E-state index in [0.29, 0.717) is 32.1 Å². The van der Waals surface area contributed by atoms with Gasteiger partial charge in [-0.2, -0.15) is 0 Å². The van der Waals surface area contributed by atoms with Crippen molar-refractivity contribution in [3.63, 3.8) is 0 Å². The SMILES string of the molecule is CCOCCOc1ccccc1NCC(=O)NCc1ccc(OC)cc1. The van der Waals surface area contributed by atoms with E-state index >= 15 is 0 Å². The van der Waals surface area contributed by atoms with Crippen LogP contribution in [0.3, 0.4) is 0 Å². The number of nitrogens with one attached hydrogen (secondary N) is 2. The van der Waals surface area contributed by atoms with Crippen LogP contribution in [0.2, 0.25) is 0 Å². The molecule has 0 aliphatic rings. The van der Waals surface area contributed by atoms with Gasteiger partial charge in [0.15, 0.2) is 0 Å². The molecule has 2 aromatic carbocycles. The largest absolute Gasteiger partial charge is 0.497 e. The quantitative estimate of drug-likeness (QED) is 0.605. The maximum absolute atomic E-state index is 12.1. The average molecular weight is 358 g/mol. The highest BCUT2D eigenvalue weighted by molar-refractivity contribution is 5.81. The molecule has 2 aromatic rings. The number of benzene rings is 2. The van der Waals surface area contributed by atoms with E-state index in [1.807, 2.05) is 55.5 Å². The zero-order valence-corrected chi connectivity index (χ0v) is 15.3. The summed E-state index contributed by atoms with van der Waals surface area (Å²) in [4.78, 5) is 12.1. The third-order valence-corrected chi connectivity index (χ3v) is 3.66. The minimum Gasteiger partial charge on any atom is -0.497 e. The molecule has 0 unspecified atom stereocenters. The Labute approximate surface area is 154 Å². The van der Waals surface area contributed by atoms with Crippen LogP contribution in [0.1, 0.15) is 12.5 Å². The van der Waals surface area contributed by atoms with Gasteiger partial charge in [0.25, 0.3) is 0 Å². The molecule has 2 N–H and O–H groups in total. The van der Waals surface area contributed by atoms with Crippen molar-refractivity contribution in [3.8, 4) is 11.5 Å². The maximum Gasteiger partial charge on any atom is 0.239 e. The van der Waals surface area contributed by atoms with Crippen molar-refractivity contribution in [1.82, 2.24) is 5.32 Å². The molecule has 0 heterocycles. The molecule has 0 fully saturated rings. The molecule has 0 saturated heterocycles. The molecule has 0 aromatic heterocycles. The number of rotatable bonds is 11. The van der Waals surface area contributed by atoms with Crippen molar-refractivity contribution in [3.05, 3.63) is 54.1 Å². The number of methoxy groups -OCH3 is 1. The molecule has 0 bridgehead atoms. The molecule has 0 spiro atoms. The highest BCUT2D eigenvalue weighted by atomic mass is 16.5. The Bertz CT molecular complexity index is 674. The Kier molecular flexibility index (Phi) is 8.29. The van der Waals surface area contributed by atoms with Crippen LogP contribution in [0.5, 0.6) is 11.5 Å². The van der Waals surface area contributed by atoms with Crippen LogP contribution in [-0.2, 0) is 16.1 Å².